The Hall–Kier alpha value is -2.49. The van der Waals surface area contributed by atoms with E-state index in [0.717, 1.165) is 18.4 Å². The number of rotatable bonds is 7. The highest BCUT2D eigenvalue weighted by Gasteiger charge is 2.18. The minimum absolute atomic E-state index is 0.0134. The molecule has 2 aromatic rings. The molecule has 23 heavy (non-hydrogen) atoms. The lowest BCUT2D eigenvalue weighted by atomic mass is 10.0. The predicted octanol–water partition coefficient (Wildman–Crippen LogP) is 3.98. The molecule has 1 amide bonds. The highest BCUT2D eigenvalue weighted by Crippen LogP contribution is 2.26. The number of hydrogen-bond donors (Lipinski definition) is 1. The third kappa shape index (κ3) is 4.25. The molecule has 0 spiro atoms. The quantitative estimate of drug-likeness (QED) is 0.841. The first-order valence-electron chi connectivity index (χ1n) is 7.77. The van der Waals surface area contributed by atoms with Crippen LogP contribution in [-0.2, 0) is 0 Å². The zero-order valence-corrected chi connectivity index (χ0v) is 13.8. The van der Waals surface area contributed by atoms with Crippen molar-refractivity contribution >= 4 is 5.91 Å². The van der Waals surface area contributed by atoms with E-state index in [1.807, 2.05) is 30.3 Å². The minimum atomic E-state index is -0.146. The van der Waals surface area contributed by atoms with Crippen LogP contribution in [0.5, 0.6) is 11.5 Å². The third-order valence-electron chi connectivity index (χ3n) is 3.74. The third-order valence-corrected chi connectivity index (χ3v) is 3.74. The number of hydrogen-bond acceptors (Lipinski definition) is 3. The molecule has 0 bridgehead atoms. The summed E-state index contributed by atoms with van der Waals surface area (Å²) in [6.45, 7) is 2.11. The molecule has 1 N–H and O–H groups in total. The van der Waals surface area contributed by atoms with E-state index >= 15 is 0 Å². The summed E-state index contributed by atoms with van der Waals surface area (Å²) in [5.41, 5.74) is 1.61. The fraction of sp³-hybridized carbons (Fsp3) is 0.316. The van der Waals surface area contributed by atoms with Gasteiger partial charge in [-0.3, -0.25) is 4.79 Å². The highest BCUT2D eigenvalue weighted by molar-refractivity contribution is 5.97. The summed E-state index contributed by atoms with van der Waals surface area (Å²) < 4.78 is 10.5. The molecule has 0 saturated carbocycles. The number of amides is 1. The van der Waals surface area contributed by atoms with Gasteiger partial charge in [-0.2, -0.15) is 0 Å². The normalized spacial score (nSPS) is 11.6. The van der Waals surface area contributed by atoms with Gasteiger partial charge >= 0.3 is 0 Å². The Morgan fingerprint density at radius 1 is 1.09 bits per heavy atom. The Kier molecular flexibility index (Phi) is 6.03. The van der Waals surface area contributed by atoms with Crippen LogP contribution in [0.3, 0.4) is 0 Å². The SMILES string of the molecule is CCCC(NC(=O)c1ccc(OC)cc1OC)c1ccccc1. The number of benzene rings is 2. The van der Waals surface area contributed by atoms with Crippen LogP contribution in [0.25, 0.3) is 0 Å². The molecule has 2 aromatic carbocycles. The molecule has 0 aliphatic rings. The van der Waals surface area contributed by atoms with Gasteiger partial charge in [0.15, 0.2) is 0 Å². The summed E-state index contributed by atoms with van der Waals surface area (Å²) in [6.07, 6.45) is 1.87. The maximum atomic E-state index is 12.7. The fourth-order valence-corrected chi connectivity index (χ4v) is 2.52. The molecule has 1 atom stereocenters. The van der Waals surface area contributed by atoms with E-state index in [9.17, 15) is 4.79 Å². The average Bonchev–Trinajstić information content (AvgIpc) is 2.61. The predicted molar refractivity (Wildman–Crippen MR) is 91.1 cm³/mol. The highest BCUT2D eigenvalue weighted by atomic mass is 16.5. The van der Waals surface area contributed by atoms with Crippen LogP contribution in [0.1, 0.15) is 41.7 Å². The van der Waals surface area contributed by atoms with Gasteiger partial charge in [0.05, 0.1) is 25.8 Å². The monoisotopic (exact) mass is 313 g/mol. The van der Waals surface area contributed by atoms with Crippen LogP contribution < -0.4 is 14.8 Å². The van der Waals surface area contributed by atoms with Gasteiger partial charge in [0.25, 0.3) is 5.91 Å². The van der Waals surface area contributed by atoms with E-state index in [1.54, 1.807) is 32.4 Å². The van der Waals surface area contributed by atoms with Gasteiger partial charge in [-0.05, 0) is 24.1 Å². The van der Waals surface area contributed by atoms with Gasteiger partial charge in [-0.15, -0.1) is 0 Å². The summed E-state index contributed by atoms with van der Waals surface area (Å²) in [6, 6.07) is 15.2. The van der Waals surface area contributed by atoms with Crippen LogP contribution in [0.2, 0.25) is 0 Å². The van der Waals surface area contributed by atoms with Crippen LogP contribution in [-0.4, -0.2) is 20.1 Å². The molecular formula is C19H23NO3. The van der Waals surface area contributed by atoms with Crippen molar-refractivity contribution in [2.45, 2.75) is 25.8 Å². The van der Waals surface area contributed by atoms with E-state index in [0.29, 0.717) is 17.1 Å². The van der Waals surface area contributed by atoms with Crippen LogP contribution in [0.4, 0.5) is 0 Å². The molecule has 2 rings (SSSR count). The van der Waals surface area contributed by atoms with E-state index in [-0.39, 0.29) is 11.9 Å². The summed E-state index contributed by atoms with van der Waals surface area (Å²) in [5, 5.41) is 3.10. The lowest BCUT2D eigenvalue weighted by Gasteiger charge is -2.19. The molecule has 0 saturated heterocycles. The number of carbonyl (C=O) groups excluding carboxylic acids is 1. The van der Waals surface area contributed by atoms with Gasteiger partial charge in [0.1, 0.15) is 11.5 Å². The van der Waals surface area contributed by atoms with Crippen molar-refractivity contribution in [3.05, 3.63) is 59.7 Å². The van der Waals surface area contributed by atoms with Crippen molar-refractivity contribution in [3.8, 4) is 11.5 Å². The number of nitrogens with one attached hydrogen (secondary N) is 1. The number of ether oxygens (including phenoxy) is 2. The molecule has 1 unspecified atom stereocenters. The maximum absolute atomic E-state index is 12.7. The smallest absolute Gasteiger partial charge is 0.255 e. The Bertz CT molecular complexity index is 640. The van der Waals surface area contributed by atoms with Crippen molar-refractivity contribution in [1.29, 1.82) is 0 Å². The summed E-state index contributed by atoms with van der Waals surface area (Å²) >= 11 is 0. The van der Waals surface area contributed by atoms with Gasteiger partial charge < -0.3 is 14.8 Å². The first-order valence-corrected chi connectivity index (χ1v) is 7.77. The number of methoxy groups -OCH3 is 2. The summed E-state index contributed by atoms with van der Waals surface area (Å²) in [5.74, 6) is 1.02. The lowest BCUT2D eigenvalue weighted by molar-refractivity contribution is 0.0931. The molecule has 0 aromatic heterocycles. The van der Waals surface area contributed by atoms with Crippen LogP contribution in [0, 0.1) is 0 Å². The van der Waals surface area contributed by atoms with Gasteiger partial charge in [-0.25, -0.2) is 0 Å². The number of carbonyl (C=O) groups is 1. The summed E-state index contributed by atoms with van der Waals surface area (Å²) in [7, 11) is 3.13. The van der Waals surface area contributed by atoms with Crippen molar-refractivity contribution in [2.75, 3.05) is 14.2 Å². The Morgan fingerprint density at radius 3 is 2.43 bits per heavy atom. The molecule has 0 aliphatic carbocycles. The standard InChI is InChI=1S/C19H23NO3/c1-4-8-17(14-9-6-5-7-10-14)20-19(21)16-12-11-15(22-2)13-18(16)23-3/h5-7,9-13,17H,4,8H2,1-3H3,(H,20,21). The molecular weight excluding hydrogens is 290 g/mol. The van der Waals surface area contributed by atoms with Gasteiger partial charge in [0.2, 0.25) is 0 Å². The topological polar surface area (TPSA) is 47.6 Å². The molecule has 4 nitrogen and oxygen atoms in total. The van der Waals surface area contributed by atoms with E-state index in [4.69, 9.17) is 9.47 Å². The fourth-order valence-electron chi connectivity index (χ4n) is 2.52. The van der Waals surface area contributed by atoms with Gasteiger partial charge in [0, 0.05) is 6.07 Å². The molecule has 0 radical (unpaired) electrons. The second-order valence-electron chi connectivity index (χ2n) is 5.29. The molecule has 0 fully saturated rings. The van der Waals surface area contributed by atoms with Gasteiger partial charge in [-0.1, -0.05) is 43.7 Å². The van der Waals surface area contributed by atoms with E-state index in [2.05, 4.69) is 12.2 Å². The van der Waals surface area contributed by atoms with E-state index < -0.39 is 0 Å². The minimum Gasteiger partial charge on any atom is -0.497 e. The molecule has 4 heteroatoms. The van der Waals surface area contributed by atoms with Crippen molar-refractivity contribution in [1.82, 2.24) is 5.32 Å². The first kappa shape index (κ1) is 16.9. The Morgan fingerprint density at radius 2 is 1.83 bits per heavy atom. The van der Waals surface area contributed by atoms with Crippen molar-refractivity contribution in [2.24, 2.45) is 0 Å². The zero-order chi connectivity index (χ0) is 16.7. The van der Waals surface area contributed by atoms with Crippen LogP contribution in [0.15, 0.2) is 48.5 Å². The maximum Gasteiger partial charge on any atom is 0.255 e. The Labute approximate surface area is 137 Å². The zero-order valence-electron chi connectivity index (χ0n) is 13.8. The Balaban J connectivity index is 2.22. The second kappa shape index (κ2) is 8.22. The average molecular weight is 313 g/mol. The molecule has 0 heterocycles. The second-order valence-corrected chi connectivity index (χ2v) is 5.29. The lowest BCUT2D eigenvalue weighted by Crippen LogP contribution is -2.28. The molecule has 122 valence electrons. The van der Waals surface area contributed by atoms with Crippen molar-refractivity contribution < 1.29 is 14.3 Å². The van der Waals surface area contributed by atoms with Crippen LogP contribution >= 0.6 is 0 Å². The molecule has 0 aliphatic heterocycles. The summed E-state index contributed by atoms with van der Waals surface area (Å²) in [4.78, 5) is 12.7. The van der Waals surface area contributed by atoms with Crippen molar-refractivity contribution in [3.63, 3.8) is 0 Å². The largest absolute Gasteiger partial charge is 0.497 e. The van der Waals surface area contributed by atoms with E-state index in [1.165, 1.54) is 0 Å². The first-order chi connectivity index (χ1) is 11.2.